The summed E-state index contributed by atoms with van der Waals surface area (Å²) in [7, 11) is 0. The molecule has 2 aliphatic rings. The maximum absolute atomic E-state index is 13.8. The molecule has 3 aromatic rings. The highest BCUT2D eigenvalue weighted by Crippen LogP contribution is 2.37. The van der Waals surface area contributed by atoms with E-state index in [0.29, 0.717) is 44.2 Å². The lowest BCUT2D eigenvalue weighted by Gasteiger charge is -2.36. The van der Waals surface area contributed by atoms with Gasteiger partial charge in [-0.1, -0.05) is 18.2 Å². The van der Waals surface area contributed by atoms with Crippen LogP contribution in [0.15, 0.2) is 42.5 Å². The highest BCUT2D eigenvalue weighted by atomic mass is 19.4. The third-order valence-corrected chi connectivity index (χ3v) is 8.50. The Morgan fingerprint density at radius 3 is 2.36 bits per heavy atom. The number of nitrogens with zero attached hydrogens (tertiary/aromatic N) is 4. The number of likely N-dealkylation sites (tertiary alicyclic amines) is 1. The Morgan fingerprint density at radius 2 is 1.73 bits per heavy atom. The van der Waals surface area contributed by atoms with Crippen LogP contribution in [0.2, 0.25) is 0 Å². The van der Waals surface area contributed by atoms with E-state index in [0.717, 1.165) is 36.4 Å². The standard InChI is InChI=1S/C33H39F5N4O3/c1-20(24-13-22(18-34)14-25(16-24)33(36,37)38)44-28-17-30-40-39-29(42(30)19-27(28)23-5-7-26(35)8-6-23)15-21-9-11-41(12-10-21)31(43)45-32(2,3)4/h5-8,13-14,16,20-21,27-28H,9-12,15,17-19H2,1-4H3/t20-,27-,28+/m1/s1. The fourth-order valence-corrected chi connectivity index (χ4v) is 6.13. The molecule has 0 radical (unpaired) electrons. The zero-order valence-electron chi connectivity index (χ0n) is 25.9. The fraction of sp³-hybridized carbons (Fsp3) is 0.545. The third kappa shape index (κ3) is 8.01. The number of alkyl halides is 4. The van der Waals surface area contributed by atoms with Crippen molar-refractivity contribution in [3.63, 3.8) is 0 Å². The first-order valence-corrected chi connectivity index (χ1v) is 15.3. The minimum atomic E-state index is -4.62. The quantitative estimate of drug-likeness (QED) is 0.251. The number of fused-ring (bicyclic) bond motifs is 1. The number of hydrogen-bond donors (Lipinski definition) is 0. The van der Waals surface area contributed by atoms with Gasteiger partial charge in [0.1, 0.15) is 29.7 Å². The topological polar surface area (TPSA) is 69.5 Å². The number of carbonyl (C=O) groups is 1. The van der Waals surface area contributed by atoms with Crippen molar-refractivity contribution in [2.75, 3.05) is 13.1 Å². The van der Waals surface area contributed by atoms with Crippen LogP contribution in [-0.4, -0.2) is 50.6 Å². The first-order valence-electron chi connectivity index (χ1n) is 15.3. The van der Waals surface area contributed by atoms with Crippen molar-refractivity contribution >= 4 is 6.09 Å². The second-order valence-corrected chi connectivity index (χ2v) is 13.0. The predicted octanol–water partition coefficient (Wildman–Crippen LogP) is 7.58. The molecular weight excluding hydrogens is 595 g/mol. The summed E-state index contributed by atoms with van der Waals surface area (Å²) in [4.78, 5) is 14.2. The Morgan fingerprint density at radius 1 is 1.04 bits per heavy atom. The van der Waals surface area contributed by atoms with E-state index in [9.17, 15) is 26.7 Å². The van der Waals surface area contributed by atoms with Gasteiger partial charge in [-0.05, 0) is 87.4 Å². The van der Waals surface area contributed by atoms with Gasteiger partial charge in [0.15, 0.2) is 0 Å². The number of ether oxygens (including phenoxy) is 2. The number of piperidine rings is 1. The number of benzene rings is 2. The molecule has 5 rings (SSSR count). The van der Waals surface area contributed by atoms with Crippen LogP contribution in [0, 0.1) is 11.7 Å². The highest BCUT2D eigenvalue weighted by Gasteiger charge is 2.37. The summed E-state index contributed by atoms with van der Waals surface area (Å²) >= 11 is 0. The van der Waals surface area contributed by atoms with E-state index in [-0.39, 0.29) is 29.0 Å². The van der Waals surface area contributed by atoms with Gasteiger partial charge in [-0.2, -0.15) is 13.2 Å². The number of halogens is 5. The van der Waals surface area contributed by atoms with Crippen molar-refractivity contribution < 1.29 is 36.2 Å². The van der Waals surface area contributed by atoms with Crippen molar-refractivity contribution in [2.24, 2.45) is 5.92 Å². The van der Waals surface area contributed by atoms with Gasteiger partial charge in [0.05, 0.1) is 17.8 Å². The molecule has 0 N–H and O–H groups in total. The summed E-state index contributed by atoms with van der Waals surface area (Å²) in [6, 6.07) is 9.32. The van der Waals surface area contributed by atoms with E-state index in [4.69, 9.17) is 9.47 Å². The van der Waals surface area contributed by atoms with Crippen molar-refractivity contribution in [2.45, 2.75) is 96.5 Å². The van der Waals surface area contributed by atoms with E-state index in [2.05, 4.69) is 14.8 Å². The molecule has 7 nitrogen and oxygen atoms in total. The van der Waals surface area contributed by atoms with Gasteiger partial charge in [0.25, 0.3) is 0 Å². The molecule has 1 fully saturated rings. The fourth-order valence-electron chi connectivity index (χ4n) is 6.13. The average molecular weight is 635 g/mol. The van der Waals surface area contributed by atoms with Gasteiger partial charge in [-0.15, -0.1) is 10.2 Å². The number of amides is 1. The van der Waals surface area contributed by atoms with Crippen LogP contribution < -0.4 is 0 Å². The van der Waals surface area contributed by atoms with Crippen LogP contribution in [0.4, 0.5) is 26.7 Å². The van der Waals surface area contributed by atoms with Crippen molar-refractivity contribution in [3.8, 4) is 0 Å². The summed E-state index contributed by atoms with van der Waals surface area (Å²) in [6.07, 6.45) is -3.62. The van der Waals surface area contributed by atoms with Gasteiger partial charge in [-0.3, -0.25) is 0 Å². The van der Waals surface area contributed by atoms with Crippen LogP contribution in [0.5, 0.6) is 0 Å². The Hall–Kier alpha value is -3.54. The maximum Gasteiger partial charge on any atom is 0.416 e. The number of aromatic nitrogens is 3. The van der Waals surface area contributed by atoms with Crippen LogP contribution >= 0.6 is 0 Å². The highest BCUT2D eigenvalue weighted by molar-refractivity contribution is 5.68. The zero-order valence-corrected chi connectivity index (χ0v) is 25.9. The first kappa shape index (κ1) is 32.8. The molecule has 1 aromatic heterocycles. The Labute approximate surface area is 259 Å². The molecule has 0 aliphatic carbocycles. The van der Waals surface area contributed by atoms with E-state index in [1.807, 2.05) is 20.8 Å². The second kappa shape index (κ2) is 13.1. The summed E-state index contributed by atoms with van der Waals surface area (Å²) in [5.41, 5.74) is -0.517. The largest absolute Gasteiger partial charge is 0.444 e. The molecule has 3 heterocycles. The SMILES string of the molecule is C[C@@H](O[C@H]1Cc2nnc(CC3CCN(C(=O)OC(C)(C)C)CC3)n2C[C@@H]1c1ccc(F)cc1)c1cc(CF)cc(C(F)(F)F)c1. The molecule has 2 aromatic carbocycles. The van der Waals surface area contributed by atoms with Crippen molar-refractivity contribution in [1.29, 1.82) is 0 Å². The summed E-state index contributed by atoms with van der Waals surface area (Å²) < 4.78 is 81.9. The van der Waals surface area contributed by atoms with E-state index < -0.39 is 36.2 Å². The second-order valence-electron chi connectivity index (χ2n) is 13.0. The molecule has 1 amide bonds. The first-order chi connectivity index (χ1) is 21.2. The normalized spacial score (nSPS) is 20.2. The minimum Gasteiger partial charge on any atom is -0.444 e. The molecule has 1 saturated heterocycles. The van der Waals surface area contributed by atoms with Gasteiger partial charge in [-0.25, -0.2) is 13.6 Å². The van der Waals surface area contributed by atoms with Gasteiger partial charge < -0.3 is 18.9 Å². The van der Waals surface area contributed by atoms with Gasteiger partial charge in [0, 0.05) is 38.4 Å². The lowest BCUT2D eigenvalue weighted by molar-refractivity contribution is -0.137. The molecule has 12 heteroatoms. The molecule has 3 atom stereocenters. The lowest BCUT2D eigenvalue weighted by atomic mass is 9.87. The van der Waals surface area contributed by atoms with E-state index in [1.165, 1.54) is 18.2 Å². The van der Waals surface area contributed by atoms with Crippen LogP contribution in [0.3, 0.4) is 0 Å². The molecule has 0 bridgehead atoms. The zero-order chi connectivity index (χ0) is 32.5. The monoisotopic (exact) mass is 634 g/mol. The Kier molecular flexibility index (Phi) is 9.53. The molecule has 45 heavy (non-hydrogen) atoms. The summed E-state index contributed by atoms with van der Waals surface area (Å²) in [5, 5.41) is 8.94. The van der Waals surface area contributed by atoms with Crippen molar-refractivity contribution in [3.05, 3.63) is 82.2 Å². The van der Waals surface area contributed by atoms with Gasteiger partial charge >= 0.3 is 12.3 Å². The molecule has 0 spiro atoms. The Bertz CT molecular complexity index is 1480. The molecular formula is C33H39F5N4O3. The van der Waals surface area contributed by atoms with Crippen LogP contribution in [0.1, 0.15) is 86.5 Å². The smallest absolute Gasteiger partial charge is 0.416 e. The summed E-state index contributed by atoms with van der Waals surface area (Å²) in [6.45, 7) is 7.76. The molecule has 2 aliphatic heterocycles. The molecule has 0 saturated carbocycles. The van der Waals surface area contributed by atoms with E-state index >= 15 is 0 Å². The lowest BCUT2D eigenvalue weighted by Crippen LogP contribution is -2.42. The summed E-state index contributed by atoms with van der Waals surface area (Å²) in [5.74, 6) is 1.15. The average Bonchev–Trinajstić information content (AvgIpc) is 3.37. The third-order valence-electron chi connectivity index (χ3n) is 8.50. The molecule has 244 valence electrons. The van der Waals surface area contributed by atoms with Crippen molar-refractivity contribution in [1.82, 2.24) is 19.7 Å². The number of rotatable bonds is 7. The minimum absolute atomic E-state index is 0.0738. The number of hydrogen-bond acceptors (Lipinski definition) is 5. The predicted molar refractivity (Wildman–Crippen MR) is 157 cm³/mol. The van der Waals surface area contributed by atoms with E-state index in [1.54, 1.807) is 24.0 Å². The van der Waals surface area contributed by atoms with Crippen LogP contribution in [0.25, 0.3) is 0 Å². The molecule has 0 unspecified atom stereocenters. The number of carbonyl (C=O) groups excluding carboxylic acids is 1. The van der Waals surface area contributed by atoms with Crippen LogP contribution in [-0.2, 0) is 41.7 Å². The Balaban J connectivity index is 1.33. The maximum atomic E-state index is 13.8. The van der Waals surface area contributed by atoms with Gasteiger partial charge in [0.2, 0.25) is 0 Å².